The molecule has 4 nitrogen and oxygen atoms in total. The molecule has 2 unspecified atom stereocenters. The van der Waals surface area contributed by atoms with E-state index in [9.17, 15) is 0 Å². The van der Waals surface area contributed by atoms with Crippen LogP contribution in [0.1, 0.15) is 52.5 Å². The van der Waals surface area contributed by atoms with Crippen LogP contribution in [0, 0.1) is 11.8 Å². The summed E-state index contributed by atoms with van der Waals surface area (Å²) in [7, 11) is 1.71. The molecule has 4 heteroatoms. The first kappa shape index (κ1) is 22.0. The van der Waals surface area contributed by atoms with Gasteiger partial charge in [0.1, 0.15) is 12.4 Å². The third-order valence-electron chi connectivity index (χ3n) is 5.64. The Morgan fingerprint density at radius 3 is 2.44 bits per heavy atom. The summed E-state index contributed by atoms with van der Waals surface area (Å²) in [5, 5.41) is 3.52. The number of ether oxygens (including phenoxy) is 2. The van der Waals surface area contributed by atoms with Crippen molar-refractivity contribution in [2.75, 3.05) is 45.3 Å². The van der Waals surface area contributed by atoms with Crippen molar-refractivity contribution in [3.8, 4) is 5.75 Å². The quantitative estimate of drug-likeness (QED) is 0.561. The van der Waals surface area contributed by atoms with Crippen LogP contribution in [0.25, 0.3) is 0 Å². The maximum atomic E-state index is 6.01. The lowest BCUT2D eigenvalue weighted by Crippen LogP contribution is -2.41. The standard InChI is InChI=1S/C23H40N2O2/c1-18(2)17-24-22-10-9-21(16-23(22)27-14-13-26-5)15-19(3)20(4)25-11-7-6-8-12-25/h9-10,16,18-20,24H,6-8,11-15,17H2,1-5H3. The second kappa shape index (κ2) is 11.6. The molecule has 0 aliphatic carbocycles. The first-order chi connectivity index (χ1) is 13.0. The topological polar surface area (TPSA) is 33.7 Å². The van der Waals surface area contributed by atoms with Crippen molar-refractivity contribution < 1.29 is 9.47 Å². The molecule has 1 aromatic carbocycles. The van der Waals surface area contributed by atoms with Gasteiger partial charge in [-0.05, 0) is 68.8 Å². The summed E-state index contributed by atoms with van der Waals surface area (Å²) in [4.78, 5) is 2.67. The van der Waals surface area contributed by atoms with Gasteiger partial charge in [-0.15, -0.1) is 0 Å². The lowest BCUT2D eigenvalue weighted by atomic mass is 9.92. The maximum absolute atomic E-state index is 6.01. The van der Waals surface area contributed by atoms with Crippen molar-refractivity contribution in [3.63, 3.8) is 0 Å². The number of hydrogen-bond donors (Lipinski definition) is 1. The molecule has 1 heterocycles. The molecule has 0 bridgehead atoms. The van der Waals surface area contributed by atoms with Gasteiger partial charge in [-0.3, -0.25) is 0 Å². The van der Waals surface area contributed by atoms with E-state index in [1.165, 1.54) is 37.9 Å². The second-order valence-corrected chi connectivity index (χ2v) is 8.47. The highest BCUT2D eigenvalue weighted by Gasteiger charge is 2.22. The summed E-state index contributed by atoms with van der Waals surface area (Å²) in [6.07, 6.45) is 5.18. The van der Waals surface area contributed by atoms with Gasteiger partial charge in [0, 0.05) is 19.7 Å². The summed E-state index contributed by atoms with van der Waals surface area (Å²) in [5.41, 5.74) is 2.44. The van der Waals surface area contributed by atoms with Crippen LogP contribution in [-0.2, 0) is 11.2 Å². The van der Waals surface area contributed by atoms with Crippen molar-refractivity contribution in [1.29, 1.82) is 0 Å². The minimum atomic E-state index is 0.579. The van der Waals surface area contributed by atoms with Crippen molar-refractivity contribution in [1.82, 2.24) is 4.90 Å². The molecular formula is C23H40N2O2. The van der Waals surface area contributed by atoms with Crippen LogP contribution >= 0.6 is 0 Å². The average molecular weight is 377 g/mol. The summed E-state index contributed by atoms with van der Waals surface area (Å²) >= 11 is 0. The van der Waals surface area contributed by atoms with Gasteiger partial charge in [0.25, 0.3) is 0 Å². The molecule has 0 aromatic heterocycles. The highest BCUT2D eigenvalue weighted by molar-refractivity contribution is 5.58. The normalized spacial score (nSPS) is 17.7. The van der Waals surface area contributed by atoms with E-state index in [0.717, 1.165) is 24.4 Å². The van der Waals surface area contributed by atoms with Crippen molar-refractivity contribution in [2.45, 2.75) is 59.4 Å². The summed E-state index contributed by atoms with van der Waals surface area (Å²) in [6, 6.07) is 7.28. The summed E-state index contributed by atoms with van der Waals surface area (Å²) in [5.74, 6) is 2.18. The molecule has 2 atom stereocenters. The van der Waals surface area contributed by atoms with E-state index in [0.29, 0.717) is 31.1 Å². The molecule has 0 amide bonds. The van der Waals surface area contributed by atoms with Crippen molar-refractivity contribution in [3.05, 3.63) is 23.8 Å². The average Bonchev–Trinajstić information content (AvgIpc) is 2.67. The predicted octanol–water partition coefficient (Wildman–Crippen LogP) is 4.83. The largest absolute Gasteiger partial charge is 0.489 e. The molecule has 1 N–H and O–H groups in total. The van der Waals surface area contributed by atoms with E-state index in [4.69, 9.17) is 9.47 Å². The van der Waals surface area contributed by atoms with E-state index in [1.807, 2.05) is 0 Å². The number of likely N-dealkylation sites (tertiary alicyclic amines) is 1. The molecule has 27 heavy (non-hydrogen) atoms. The molecular weight excluding hydrogens is 336 g/mol. The van der Waals surface area contributed by atoms with E-state index in [-0.39, 0.29) is 0 Å². The van der Waals surface area contributed by atoms with Crippen LogP contribution in [-0.4, -0.2) is 50.9 Å². The molecule has 1 aliphatic heterocycles. The number of nitrogens with zero attached hydrogens (tertiary/aromatic N) is 1. The Hall–Kier alpha value is -1.26. The number of rotatable bonds is 11. The first-order valence-corrected chi connectivity index (χ1v) is 10.7. The Balaban J connectivity index is 2.02. The minimum absolute atomic E-state index is 0.579. The molecule has 0 spiro atoms. The zero-order valence-electron chi connectivity index (χ0n) is 18.1. The number of hydrogen-bond acceptors (Lipinski definition) is 4. The highest BCUT2D eigenvalue weighted by Crippen LogP contribution is 2.29. The van der Waals surface area contributed by atoms with Gasteiger partial charge in [0.05, 0.1) is 12.3 Å². The van der Waals surface area contributed by atoms with Gasteiger partial charge in [0.15, 0.2) is 0 Å². The lowest BCUT2D eigenvalue weighted by molar-refractivity contribution is 0.134. The van der Waals surface area contributed by atoms with Gasteiger partial charge in [0.2, 0.25) is 0 Å². The van der Waals surface area contributed by atoms with E-state index in [2.05, 4.69) is 56.1 Å². The van der Waals surface area contributed by atoms with E-state index in [1.54, 1.807) is 7.11 Å². The third-order valence-corrected chi connectivity index (χ3v) is 5.64. The predicted molar refractivity (Wildman–Crippen MR) is 115 cm³/mol. The zero-order valence-corrected chi connectivity index (χ0v) is 18.1. The Labute approximate surface area is 166 Å². The fourth-order valence-electron chi connectivity index (χ4n) is 3.74. The Morgan fingerprint density at radius 2 is 1.78 bits per heavy atom. The maximum Gasteiger partial charge on any atom is 0.142 e. The minimum Gasteiger partial charge on any atom is -0.489 e. The molecule has 1 aliphatic rings. The van der Waals surface area contributed by atoms with Crippen LogP contribution in [0.15, 0.2) is 18.2 Å². The smallest absolute Gasteiger partial charge is 0.142 e. The van der Waals surface area contributed by atoms with Gasteiger partial charge in [-0.1, -0.05) is 33.3 Å². The highest BCUT2D eigenvalue weighted by atomic mass is 16.5. The Kier molecular flexibility index (Phi) is 9.43. The van der Waals surface area contributed by atoms with Crippen LogP contribution in [0.4, 0.5) is 5.69 Å². The molecule has 0 radical (unpaired) electrons. The van der Waals surface area contributed by atoms with E-state index >= 15 is 0 Å². The SMILES string of the molecule is COCCOc1cc(CC(C)C(C)N2CCCCC2)ccc1NCC(C)C. The van der Waals surface area contributed by atoms with Crippen LogP contribution < -0.4 is 10.1 Å². The molecule has 0 saturated carbocycles. The number of nitrogens with one attached hydrogen (secondary N) is 1. The fourth-order valence-corrected chi connectivity index (χ4v) is 3.74. The first-order valence-electron chi connectivity index (χ1n) is 10.7. The Morgan fingerprint density at radius 1 is 1.04 bits per heavy atom. The van der Waals surface area contributed by atoms with Crippen LogP contribution in [0.2, 0.25) is 0 Å². The van der Waals surface area contributed by atoms with Crippen LogP contribution in [0.3, 0.4) is 0 Å². The monoisotopic (exact) mass is 376 g/mol. The number of benzene rings is 1. The summed E-state index contributed by atoms with van der Waals surface area (Å²) in [6.45, 7) is 13.9. The number of anilines is 1. The number of piperidine rings is 1. The molecule has 2 rings (SSSR count). The van der Waals surface area contributed by atoms with Gasteiger partial charge < -0.3 is 19.7 Å². The Bertz CT molecular complexity index is 541. The molecule has 154 valence electrons. The van der Waals surface area contributed by atoms with E-state index < -0.39 is 0 Å². The zero-order chi connectivity index (χ0) is 19.6. The van der Waals surface area contributed by atoms with Crippen LogP contribution in [0.5, 0.6) is 5.75 Å². The summed E-state index contributed by atoms with van der Waals surface area (Å²) < 4.78 is 11.2. The van der Waals surface area contributed by atoms with Gasteiger partial charge in [-0.2, -0.15) is 0 Å². The lowest BCUT2D eigenvalue weighted by Gasteiger charge is -2.36. The van der Waals surface area contributed by atoms with Crippen molar-refractivity contribution >= 4 is 5.69 Å². The number of methoxy groups -OCH3 is 1. The van der Waals surface area contributed by atoms with Crippen molar-refractivity contribution in [2.24, 2.45) is 11.8 Å². The second-order valence-electron chi connectivity index (χ2n) is 8.47. The third kappa shape index (κ3) is 7.34. The molecule has 1 aromatic rings. The van der Waals surface area contributed by atoms with Gasteiger partial charge >= 0.3 is 0 Å². The van der Waals surface area contributed by atoms with Gasteiger partial charge in [-0.25, -0.2) is 0 Å². The molecule has 1 fully saturated rings. The fraction of sp³-hybridized carbons (Fsp3) is 0.739. The molecule has 1 saturated heterocycles.